The lowest BCUT2D eigenvalue weighted by molar-refractivity contribution is -0.122. The molecule has 33 heavy (non-hydrogen) atoms. The van der Waals surface area contributed by atoms with Crippen LogP contribution in [0.3, 0.4) is 0 Å². The Kier molecular flexibility index (Phi) is 13.5. The van der Waals surface area contributed by atoms with Crippen molar-refractivity contribution in [3.8, 4) is 5.75 Å². The van der Waals surface area contributed by atoms with E-state index in [0.29, 0.717) is 38.1 Å². The molecule has 190 valence electrons. The van der Waals surface area contributed by atoms with Crippen molar-refractivity contribution >= 4 is 15.9 Å². The third-order valence-corrected chi connectivity index (χ3v) is 6.68. The maximum absolute atomic E-state index is 12.9. The molecule has 0 bridgehead atoms. The fourth-order valence-electron chi connectivity index (χ4n) is 3.11. The van der Waals surface area contributed by atoms with Crippen molar-refractivity contribution in [1.82, 2.24) is 14.5 Å². The fraction of sp³-hybridized carbons (Fsp3) is 0.696. The molecule has 8 nitrogen and oxygen atoms in total. The van der Waals surface area contributed by atoms with Gasteiger partial charge in [-0.1, -0.05) is 12.8 Å². The number of nitrogens with one attached hydrogen (secondary N) is 1. The first kappa shape index (κ1) is 29.3. The summed E-state index contributed by atoms with van der Waals surface area (Å²) in [7, 11) is 0.474. The van der Waals surface area contributed by atoms with Gasteiger partial charge in [0, 0.05) is 19.5 Å². The highest BCUT2D eigenvalue weighted by molar-refractivity contribution is 7.88. The van der Waals surface area contributed by atoms with Gasteiger partial charge in [-0.3, -0.25) is 9.69 Å². The Bertz CT molecular complexity index is 790. The van der Waals surface area contributed by atoms with Crippen LogP contribution in [-0.4, -0.2) is 81.0 Å². The third-order valence-electron chi connectivity index (χ3n) is 5.38. The summed E-state index contributed by atoms with van der Waals surface area (Å²) < 4.78 is 43.9. The number of hydrogen-bond donors (Lipinski definition) is 2. The van der Waals surface area contributed by atoms with Crippen LogP contribution in [0.4, 0.5) is 4.39 Å². The molecular formula is C23H40FN3O5S. The summed E-state index contributed by atoms with van der Waals surface area (Å²) in [4.78, 5) is 13.8. The van der Waals surface area contributed by atoms with E-state index in [1.807, 2.05) is 25.9 Å². The molecule has 0 aliphatic heterocycles. The number of rotatable bonds is 17. The van der Waals surface area contributed by atoms with E-state index >= 15 is 0 Å². The predicted molar refractivity (Wildman–Crippen MR) is 128 cm³/mol. The number of hydrogen-bond acceptors (Lipinski definition) is 6. The molecule has 0 spiro atoms. The zero-order valence-corrected chi connectivity index (χ0v) is 21.1. The van der Waals surface area contributed by atoms with E-state index in [2.05, 4.69) is 5.32 Å². The minimum absolute atomic E-state index is 0.00573. The summed E-state index contributed by atoms with van der Waals surface area (Å²) in [5.74, 6) is 0.137. The number of halogens is 1. The van der Waals surface area contributed by atoms with Crippen molar-refractivity contribution in [3.63, 3.8) is 0 Å². The number of nitrogens with zero attached hydrogens (tertiary/aromatic N) is 2. The second-order valence-corrected chi connectivity index (χ2v) is 10.6. The zero-order chi connectivity index (χ0) is 24.9. The monoisotopic (exact) mass is 489 g/mol. The van der Waals surface area contributed by atoms with Gasteiger partial charge in [-0.05, 0) is 71.0 Å². The van der Waals surface area contributed by atoms with E-state index in [1.54, 1.807) is 0 Å². The van der Waals surface area contributed by atoms with Crippen LogP contribution in [0.5, 0.6) is 5.75 Å². The minimum atomic E-state index is -3.33. The molecule has 10 heteroatoms. The van der Waals surface area contributed by atoms with Crippen molar-refractivity contribution in [2.45, 2.75) is 64.1 Å². The van der Waals surface area contributed by atoms with Gasteiger partial charge in [0.1, 0.15) is 18.2 Å². The smallest absolute Gasteiger partial charge is 0.221 e. The van der Waals surface area contributed by atoms with Gasteiger partial charge < -0.3 is 15.2 Å². The molecule has 0 aromatic heterocycles. The predicted octanol–water partition coefficient (Wildman–Crippen LogP) is 2.58. The van der Waals surface area contributed by atoms with Crippen molar-refractivity contribution in [1.29, 1.82) is 0 Å². The molecule has 1 rings (SSSR count). The summed E-state index contributed by atoms with van der Waals surface area (Å²) in [6.45, 7) is 2.74. The molecule has 0 radical (unpaired) electrons. The molecule has 1 aromatic rings. The van der Waals surface area contributed by atoms with Gasteiger partial charge in [0.05, 0.1) is 18.5 Å². The molecule has 0 saturated carbocycles. The van der Waals surface area contributed by atoms with E-state index in [9.17, 15) is 22.7 Å². The van der Waals surface area contributed by atoms with Gasteiger partial charge >= 0.3 is 0 Å². The van der Waals surface area contributed by atoms with E-state index in [4.69, 9.17) is 4.74 Å². The molecule has 1 aromatic carbocycles. The highest BCUT2D eigenvalue weighted by atomic mass is 32.2. The van der Waals surface area contributed by atoms with Gasteiger partial charge in [-0.15, -0.1) is 0 Å². The van der Waals surface area contributed by atoms with Crippen LogP contribution in [0.15, 0.2) is 24.3 Å². The van der Waals surface area contributed by atoms with Crippen LogP contribution >= 0.6 is 0 Å². The third kappa shape index (κ3) is 13.5. The largest absolute Gasteiger partial charge is 0.491 e. The number of amides is 1. The molecule has 2 unspecified atom stereocenters. The summed E-state index contributed by atoms with van der Waals surface area (Å²) in [5.41, 5.74) is 0. The SMILES string of the molecule is CC(NC(=O)CCCCCCN(CCCC(O)COc1ccc(F)cc1)S(C)(=O)=O)N(C)C. The lowest BCUT2D eigenvalue weighted by Gasteiger charge is -2.21. The van der Waals surface area contributed by atoms with Crippen molar-refractivity contribution in [2.24, 2.45) is 0 Å². The molecule has 1 amide bonds. The number of carbonyl (C=O) groups is 1. The average molecular weight is 490 g/mol. The maximum Gasteiger partial charge on any atom is 0.221 e. The van der Waals surface area contributed by atoms with E-state index < -0.39 is 16.1 Å². The van der Waals surface area contributed by atoms with Gasteiger partial charge in [0.2, 0.25) is 15.9 Å². The van der Waals surface area contributed by atoms with Gasteiger partial charge in [-0.25, -0.2) is 17.1 Å². The van der Waals surface area contributed by atoms with Gasteiger partial charge in [-0.2, -0.15) is 0 Å². The van der Waals surface area contributed by atoms with Crippen LogP contribution in [0.1, 0.15) is 51.9 Å². The van der Waals surface area contributed by atoms with E-state index in [0.717, 1.165) is 25.7 Å². The minimum Gasteiger partial charge on any atom is -0.491 e. The Morgan fingerprint density at radius 3 is 2.30 bits per heavy atom. The lowest BCUT2D eigenvalue weighted by atomic mass is 10.1. The summed E-state index contributed by atoms with van der Waals surface area (Å²) in [5, 5.41) is 13.0. The average Bonchev–Trinajstić information content (AvgIpc) is 2.73. The second-order valence-electron chi connectivity index (χ2n) is 8.59. The molecule has 0 aliphatic rings. The lowest BCUT2D eigenvalue weighted by Crippen LogP contribution is -2.42. The molecule has 0 fully saturated rings. The number of aliphatic hydroxyl groups excluding tert-OH is 1. The van der Waals surface area contributed by atoms with Crippen molar-refractivity contribution in [3.05, 3.63) is 30.1 Å². The topological polar surface area (TPSA) is 99.2 Å². The number of carbonyl (C=O) groups excluding carboxylic acids is 1. The van der Waals surface area contributed by atoms with Crippen molar-refractivity contribution < 1.29 is 27.4 Å². The summed E-state index contributed by atoms with van der Waals surface area (Å²) in [6.07, 6.45) is 5.01. The fourth-order valence-corrected chi connectivity index (χ4v) is 4.04. The Morgan fingerprint density at radius 1 is 1.09 bits per heavy atom. The number of benzene rings is 1. The first-order chi connectivity index (χ1) is 15.5. The quantitative estimate of drug-likeness (QED) is 0.258. The molecule has 0 heterocycles. The molecule has 0 saturated heterocycles. The zero-order valence-electron chi connectivity index (χ0n) is 20.3. The van der Waals surface area contributed by atoms with Crippen LogP contribution in [-0.2, 0) is 14.8 Å². The van der Waals surface area contributed by atoms with E-state index in [1.165, 1.54) is 34.8 Å². The highest BCUT2D eigenvalue weighted by Gasteiger charge is 2.17. The van der Waals surface area contributed by atoms with Gasteiger partial charge in [0.25, 0.3) is 0 Å². The first-order valence-corrected chi connectivity index (χ1v) is 13.3. The van der Waals surface area contributed by atoms with Gasteiger partial charge in [0.15, 0.2) is 0 Å². The maximum atomic E-state index is 12.9. The Balaban J connectivity index is 2.23. The Labute approximate surface area is 198 Å². The Morgan fingerprint density at radius 2 is 1.70 bits per heavy atom. The second kappa shape index (κ2) is 15.2. The number of sulfonamides is 1. The van der Waals surface area contributed by atoms with Crippen LogP contribution < -0.4 is 10.1 Å². The van der Waals surface area contributed by atoms with Crippen LogP contribution in [0.25, 0.3) is 0 Å². The molecule has 0 aliphatic carbocycles. The van der Waals surface area contributed by atoms with E-state index in [-0.39, 0.29) is 24.5 Å². The highest BCUT2D eigenvalue weighted by Crippen LogP contribution is 2.13. The number of aliphatic hydroxyl groups is 1. The van der Waals surface area contributed by atoms with Crippen LogP contribution in [0.2, 0.25) is 0 Å². The first-order valence-electron chi connectivity index (χ1n) is 11.5. The molecular weight excluding hydrogens is 449 g/mol. The molecule has 2 atom stereocenters. The molecule has 2 N–H and O–H groups in total. The number of ether oxygens (including phenoxy) is 1. The Hall–Kier alpha value is -1.75. The summed E-state index contributed by atoms with van der Waals surface area (Å²) >= 11 is 0. The number of unbranched alkanes of at least 4 members (excludes halogenated alkanes) is 3. The van der Waals surface area contributed by atoms with Crippen LogP contribution in [0, 0.1) is 5.82 Å². The standard InChI is InChI=1S/C23H40FN3O5S/c1-19(26(2)3)25-23(29)11-7-5-6-8-16-27(33(4,30)31)17-9-10-21(28)18-32-22-14-12-20(24)13-15-22/h12-15,19,21,28H,5-11,16-18H2,1-4H3,(H,25,29). The normalized spacial score (nSPS) is 13.8. The summed E-state index contributed by atoms with van der Waals surface area (Å²) in [6, 6.07) is 5.55. The van der Waals surface area contributed by atoms with Crippen molar-refractivity contribution in [2.75, 3.05) is 40.0 Å².